The zero-order valence-corrected chi connectivity index (χ0v) is 19.3. The molecule has 1 atom stereocenters. The minimum Gasteiger partial charge on any atom is -0.465 e. The van der Waals surface area contributed by atoms with E-state index in [9.17, 15) is 9.59 Å². The largest absolute Gasteiger partial charge is 0.465 e. The third-order valence-electron chi connectivity index (χ3n) is 5.34. The van der Waals surface area contributed by atoms with E-state index in [0.717, 1.165) is 12.8 Å². The molecule has 2 aliphatic rings. The predicted molar refractivity (Wildman–Crippen MR) is 110 cm³/mol. The average Bonchev–Trinajstić information content (AvgIpc) is 3.03. The van der Waals surface area contributed by atoms with Gasteiger partial charge in [0, 0.05) is 31.5 Å². The number of methoxy groups -OCH3 is 1. The third-order valence-corrected chi connectivity index (χ3v) is 5.93. The first-order valence-electron chi connectivity index (χ1n) is 9.72. The zero-order valence-electron chi connectivity index (χ0n) is 17.8. The van der Waals surface area contributed by atoms with Gasteiger partial charge in [-0.15, -0.1) is 0 Å². The number of hydrogen-bond acceptors (Lipinski definition) is 6. The molecule has 1 unspecified atom stereocenters. The first-order chi connectivity index (χ1) is 13.4. The van der Waals surface area contributed by atoms with E-state index in [4.69, 9.17) is 18.9 Å². The zero-order chi connectivity index (χ0) is 21.6. The van der Waals surface area contributed by atoms with E-state index in [1.807, 2.05) is 34.6 Å². The van der Waals surface area contributed by atoms with E-state index in [1.54, 1.807) is 11.0 Å². The molecule has 1 aromatic carbocycles. The molecule has 1 fully saturated rings. The topological polar surface area (TPSA) is 74.3 Å². The third kappa shape index (κ3) is 4.32. The molecule has 0 radical (unpaired) electrons. The van der Waals surface area contributed by atoms with Crippen LogP contribution in [0.3, 0.4) is 0 Å². The van der Waals surface area contributed by atoms with Crippen LogP contribution in [0, 0.1) is 12.8 Å². The van der Waals surface area contributed by atoms with Gasteiger partial charge in [0.05, 0.1) is 17.1 Å². The lowest BCUT2D eigenvalue weighted by Crippen LogP contribution is -2.50. The van der Waals surface area contributed by atoms with Gasteiger partial charge in [0.15, 0.2) is 11.5 Å². The smallest absolute Gasteiger partial charge is 0.410 e. The second kappa shape index (κ2) is 7.70. The van der Waals surface area contributed by atoms with Crippen molar-refractivity contribution in [2.24, 2.45) is 5.92 Å². The summed E-state index contributed by atoms with van der Waals surface area (Å²) in [4.78, 5) is 26.1. The van der Waals surface area contributed by atoms with Gasteiger partial charge < -0.3 is 23.8 Å². The summed E-state index contributed by atoms with van der Waals surface area (Å²) in [6.45, 7) is 10.5. The molecule has 8 heteroatoms. The van der Waals surface area contributed by atoms with Crippen LogP contribution in [0.15, 0.2) is 10.5 Å². The number of amides is 1. The number of nitrogens with zero attached hydrogens (tertiary/aromatic N) is 1. The van der Waals surface area contributed by atoms with Crippen LogP contribution in [0.1, 0.15) is 56.5 Å². The molecule has 0 bridgehead atoms. The average molecular weight is 470 g/mol. The van der Waals surface area contributed by atoms with E-state index in [-0.39, 0.29) is 12.0 Å². The number of halogens is 1. The first-order valence-corrected chi connectivity index (χ1v) is 10.5. The maximum atomic E-state index is 12.3. The van der Waals surface area contributed by atoms with Gasteiger partial charge in [0.1, 0.15) is 5.60 Å². The van der Waals surface area contributed by atoms with Crippen LogP contribution in [0.25, 0.3) is 0 Å². The quantitative estimate of drug-likeness (QED) is 0.585. The van der Waals surface area contributed by atoms with Crippen LogP contribution in [-0.2, 0) is 9.47 Å². The number of carbonyl (C=O) groups excluding carboxylic acids is 2. The molecule has 0 saturated carbocycles. The second-order valence-electron chi connectivity index (χ2n) is 8.64. The molecule has 0 spiro atoms. The molecule has 2 heterocycles. The minimum absolute atomic E-state index is 0.0847. The molecule has 2 aliphatic heterocycles. The maximum absolute atomic E-state index is 12.3. The molecule has 160 valence electrons. The summed E-state index contributed by atoms with van der Waals surface area (Å²) in [6.07, 6.45) is 1.16. The molecular weight excluding hydrogens is 442 g/mol. The fraction of sp³-hybridized carbons (Fsp3) is 0.619. The summed E-state index contributed by atoms with van der Waals surface area (Å²) in [5.74, 6) is -0.0657. The number of piperidine rings is 1. The first kappa shape index (κ1) is 21.7. The summed E-state index contributed by atoms with van der Waals surface area (Å²) >= 11 is 3.48. The standard InChI is InChI=1S/C21H28BrNO6/c1-12-14(18(24)26-6)11-15(22)17-16(12)27-21(5,28-17)13-7-9-23(10-8-13)19(25)29-20(2,3)4/h11,13H,7-10H2,1-6H3. The van der Waals surface area contributed by atoms with E-state index >= 15 is 0 Å². The van der Waals surface area contributed by atoms with Crippen molar-refractivity contribution in [1.29, 1.82) is 0 Å². The van der Waals surface area contributed by atoms with Gasteiger partial charge in [-0.05, 0) is 62.5 Å². The number of benzene rings is 1. The highest BCUT2D eigenvalue weighted by molar-refractivity contribution is 9.10. The molecule has 1 saturated heterocycles. The van der Waals surface area contributed by atoms with Crippen molar-refractivity contribution >= 4 is 28.0 Å². The van der Waals surface area contributed by atoms with Crippen molar-refractivity contribution in [3.05, 3.63) is 21.7 Å². The highest BCUT2D eigenvalue weighted by Crippen LogP contribution is 2.51. The van der Waals surface area contributed by atoms with Crippen LogP contribution in [-0.4, -0.2) is 48.5 Å². The van der Waals surface area contributed by atoms with Crippen molar-refractivity contribution in [2.45, 2.75) is 58.8 Å². The number of carbonyl (C=O) groups is 2. The van der Waals surface area contributed by atoms with Gasteiger partial charge in [-0.25, -0.2) is 9.59 Å². The predicted octanol–water partition coefficient (Wildman–Crippen LogP) is 4.68. The van der Waals surface area contributed by atoms with Crippen molar-refractivity contribution < 1.29 is 28.5 Å². The van der Waals surface area contributed by atoms with E-state index < -0.39 is 17.4 Å². The van der Waals surface area contributed by atoms with Gasteiger partial charge in [-0.2, -0.15) is 0 Å². The maximum Gasteiger partial charge on any atom is 0.410 e. The monoisotopic (exact) mass is 469 g/mol. The number of rotatable bonds is 2. The van der Waals surface area contributed by atoms with Crippen molar-refractivity contribution in [3.8, 4) is 11.5 Å². The van der Waals surface area contributed by atoms with Gasteiger partial charge in [0.25, 0.3) is 5.79 Å². The molecule has 0 aliphatic carbocycles. The van der Waals surface area contributed by atoms with Gasteiger partial charge in [-0.3, -0.25) is 0 Å². The van der Waals surface area contributed by atoms with Crippen LogP contribution in [0.5, 0.6) is 11.5 Å². The molecule has 29 heavy (non-hydrogen) atoms. The Morgan fingerprint density at radius 3 is 2.34 bits per heavy atom. The Bertz CT molecular complexity index is 825. The molecular formula is C21H28BrNO6. The molecule has 1 aromatic rings. The summed E-state index contributed by atoms with van der Waals surface area (Å²) in [5.41, 5.74) is 0.607. The van der Waals surface area contributed by atoms with Gasteiger partial charge >= 0.3 is 12.1 Å². The van der Waals surface area contributed by atoms with Crippen molar-refractivity contribution in [2.75, 3.05) is 20.2 Å². The van der Waals surface area contributed by atoms with Crippen molar-refractivity contribution in [3.63, 3.8) is 0 Å². The normalized spacial score (nSPS) is 21.8. The lowest BCUT2D eigenvalue weighted by atomic mass is 9.89. The Morgan fingerprint density at radius 1 is 1.21 bits per heavy atom. The highest BCUT2D eigenvalue weighted by atomic mass is 79.9. The molecule has 1 amide bonds. The van der Waals surface area contributed by atoms with Crippen LogP contribution in [0.2, 0.25) is 0 Å². The summed E-state index contributed by atoms with van der Waals surface area (Å²) < 4.78 is 23.5. The van der Waals surface area contributed by atoms with Crippen LogP contribution >= 0.6 is 15.9 Å². The number of hydrogen-bond donors (Lipinski definition) is 0. The SMILES string of the molecule is COC(=O)c1cc(Br)c2c(c1C)OC(C)(C1CCN(C(=O)OC(C)(C)C)CC1)O2. The van der Waals surface area contributed by atoms with E-state index in [1.165, 1.54) is 7.11 Å². The highest BCUT2D eigenvalue weighted by Gasteiger charge is 2.47. The molecule has 0 N–H and O–H groups in total. The van der Waals surface area contributed by atoms with Crippen molar-refractivity contribution in [1.82, 2.24) is 4.90 Å². The fourth-order valence-electron chi connectivity index (χ4n) is 3.75. The number of ether oxygens (including phenoxy) is 4. The minimum atomic E-state index is -0.871. The number of esters is 1. The van der Waals surface area contributed by atoms with E-state index in [0.29, 0.717) is 40.2 Å². The van der Waals surface area contributed by atoms with Crippen LogP contribution < -0.4 is 9.47 Å². The Kier molecular flexibility index (Phi) is 5.77. The lowest BCUT2D eigenvalue weighted by Gasteiger charge is -2.39. The summed E-state index contributed by atoms with van der Waals surface area (Å²) in [6, 6.07) is 1.69. The summed E-state index contributed by atoms with van der Waals surface area (Å²) in [7, 11) is 1.35. The Hall–Kier alpha value is -1.96. The van der Waals surface area contributed by atoms with Crippen LogP contribution in [0.4, 0.5) is 4.79 Å². The summed E-state index contributed by atoms with van der Waals surface area (Å²) in [5, 5.41) is 0. The Labute approximate surface area is 179 Å². The fourth-order valence-corrected chi connectivity index (χ4v) is 4.24. The van der Waals surface area contributed by atoms with Gasteiger partial charge in [-0.1, -0.05) is 0 Å². The number of likely N-dealkylation sites (tertiary alicyclic amines) is 1. The van der Waals surface area contributed by atoms with Gasteiger partial charge in [0.2, 0.25) is 0 Å². The van der Waals surface area contributed by atoms with E-state index in [2.05, 4.69) is 15.9 Å². The number of fused-ring (bicyclic) bond motifs is 1. The second-order valence-corrected chi connectivity index (χ2v) is 9.50. The Balaban J connectivity index is 1.73. The molecule has 3 rings (SSSR count). The molecule has 7 nitrogen and oxygen atoms in total. The Morgan fingerprint density at radius 2 is 1.79 bits per heavy atom. The molecule has 0 aromatic heterocycles. The lowest BCUT2D eigenvalue weighted by molar-refractivity contribution is -0.124.